The number of hydrogen-bond donors (Lipinski definition) is 1. The summed E-state index contributed by atoms with van der Waals surface area (Å²) in [6, 6.07) is 0. The van der Waals surface area contributed by atoms with E-state index in [1.807, 2.05) is 0 Å². The molecule has 0 amide bonds. The first-order valence-corrected chi connectivity index (χ1v) is 11.5. The number of allylic oxidation sites excluding steroid dienone is 1. The van der Waals surface area contributed by atoms with Crippen LogP contribution >= 0.6 is 9.47 Å². The van der Waals surface area contributed by atoms with Crippen LogP contribution in [-0.4, -0.2) is 42.0 Å². The Bertz CT molecular complexity index is 543. The molecule has 29 heavy (non-hydrogen) atoms. The average Bonchev–Trinajstić information content (AvgIpc) is 3.28. The van der Waals surface area contributed by atoms with Crippen LogP contribution < -0.4 is 0 Å². The first-order chi connectivity index (χ1) is 14.0. The molecule has 0 spiro atoms. The number of ether oxygens (including phenoxy) is 2. The number of unbranched alkanes of at least 4 members (excludes halogenated alkanes) is 4. The Labute approximate surface area is 177 Å². The second-order valence-corrected chi connectivity index (χ2v) is 8.52. The lowest BCUT2D eigenvalue weighted by Crippen LogP contribution is -2.33. The molecule has 0 bridgehead atoms. The molecule has 0 aromatic heterocycles. The predicted octanol–water partition coefficient (Wildman–Crippen LogP) is 4.67. The number of carbonyl (C=O) groups is 2. The molecule has 0 radical (unpaired) electrons. The Morgan fingerprint density at radius 1 is 1.21 bits per heavy atom. The van der Waals surface area contributed by atoms with Crippen molar-refractivity contribution in [3.05, 3.63) is 12.2 Å². The molecule has 1 N–H and O–H groups in total. The Balaban J connectivity index is 1.88. The van der Waals surface area contributed by atoms with Crippen molar-refractivity contribution in [2.75, 3.05) is 13.2 Å². The first-order valence-electron chi connectivity index (χ1n) is 11.1. The molecule has 1 saturated heterocycles. The van der Waals surface area contributed by atoms with Gasteiger partial charge in [0.15, 0.2) is 5.79 Å². The molecule has 1 aliphatic carbocycles. The lowest BCUT2D eigenvalue weighted by Gasteiger charge is -2.31. The number of aliphatic carboxylic acids is 1. The molecule has 7 heteroatoms. The van der Waals surface area contributed by atoms with E-state index >= 15 is 0 Å². The molecule has 2 rings (SSSR count). The predicted molar refractivity (Wildman–Crippen MR) is 114 cm³/mol. The fourth-order valence-electron chi connectivity index (χ4n) is 4.66. The highest BCUT2D eigenvalue weighted by atomic mass is 31.0. The van der Waals surface area contributed by atoms with E-state index < -0.39 is 11.8 Å². The molecular weight excluding hydrogens is 391 g/mol. The molecule has 6 nitrogen and oxygen atoms in total. The number of carboxylic acids is 1. The number of rotatable bonds is 14. The second kappa shape index (κ2) is 12.8. The van der Waals surface area contributed by atoms with Crippen molar-refractivity contribution >= 4 is 21.2 Å². The third-order valence-electron chi connectivity index (χ3n) is 6.21. The summed E-state index contributed by atoms with van der Waals surface area (Å²) in [5.74, 6) is -0.917. The molecule has 1 aliphatic heterocycles. The van der Waals surface area contributed by atoms with Crippen molar-refractivity contribution in [1.82, 2.24) is 0 Å². The molecule has 1 heterocycles. The van der Waals surface area contributed by atoms with Crippen LogP contribution in [0, 0.1) is 11.8 Å². The minimum Gasteiger partial charge on any atom is -0.478 e. The summed E-state index contributed by atoms with van der Waals surface area (Å²) in [7, 11) is 2.33. The van der Waals surface area contributed by atoms with Crippen LogP contribution in [0.3, 0.4) is 0 Å². The number of Topliss-reactive ketones (excluding diaryl/α,β-unsaturated/α-hetero) is 1. The fraction of sp³-hybridized carbons (Fsp3) is 0.818. The van der Waals surface area contributed by atoms with E-state index in [1.54, 1.807) is 6.08 Å². The average molecular weight is 429 g/mol. The lowest BCUT2D eigenvalue weighted by atomic mass is 9.84. The maximum atomic E-state index is 12.6. The standard InChI is InChI=1S/C22H37O6P/c1-2-3-8-12-22(26-14-15-27-22)13-11-18-17(19(23)16-20(18)28-29)9-6-4-5-7-10-21(24)25/h7,10,17-18,20H,2-6,8-9,11-16,29H2,1H3,(H,24,25)/t17?,18-,20?/m1/s1. The van der Waals surface area contributed by atoms with Crippen LogP contribution in [0.5, 0.6) is 0 Å². The van der Waals surface area contributed by atoms with E-state index in [0.29, 0.717) is 19.6 Å². The minimum atomic E-state index is -0.916. The van der Waals surface area contributed by atoms with Crippen molar-refractivity contribution < 1.29 is 28.7 Å². The van der Waals surface area contributed by atoms with Gasteiger partial charge in [-0.25, -0.2) is 4.79 Å². The van der Waals surface area contributed by atoms with Gasteiger partial charge in [0.1, 0.15) is 5.78 Å². The molecule has 1 saturated carbocycles. The van der Waals surface area contributed by atoms with Crippen LogP contribution in [0.1, 0.15) is 77.6 Å². The summed E-state index contributed by atoms with van der Waals surface area (Å²) in [4.78, 5) is 23.1. The van der Waals surface area contributed by atoms with Crippen molar-refractivity contribution in [3.8, 4) is 0 Å². The van der Waals surface area contributed by atoms with E-state index in [-0.39, 0.29) is 23.7 Å². The first kappa shape index (κ1) is 24.5. The largest absolute Gasteiger partial charge is 0.478 e. The van der Waals surface area contributed by atoms with Crippen LogP contribution in [-0.2, 0) is 23.6 Å². The van der Waals surface area contributed by atoms with E-state index in [9.17, 15) is 9.59 Å². The van der Waals surface area contributed by atoms with Gasteiger partial charge in [0, 0.05) is 40.7 Å². The van der Waals surface area contributed by atoms with Gasteiger partial charge in [-0.2, -0.15) is 0 Å². The number of hydrogen-bond acceptors (Lipinski definition) is 5. The van der Waals surface area contributed by atoms with Crippen molar-refractivity contribution in [2.24, 2.45) is 11.8 Å². The smallest absolute Gasteiger partial charge is 0.327 e. The molecular formula is C22H37O6P. The Morgan fingerprint density at radius 3 is 2.62 bits per heavy atom. The molecule has 0 aromatic carbocycles. The van der Waals surface area contributed by atoms with Gasteiger partial charge >= 0.3 is 5.97 Å². The SMILES string of the molecule is CCCCCC1(CC[C@H]2C(OP)CC(=O)C2CCCCC=CC(=O)O)OCCO1. The van der Waals surface area contributed by atoms with Gasteiger partial charge in [-0.1, -0.05) is 32.3 Å². The normalized spacial score (nSPS) is 26.6. The van der Waals surface area contributed by atoms with Gasteiger partial charge < -0.3 is 19.1 Å². The second-order valence-electron chi connectivity index (χ2n) is 8.24. The van der Waals surface area contributed by atoms with E-state index in [2.05, 4.69) is 16.4 Å². The highest BCUT2D eigenvalue weighted by Crippen LogP contribution is 2.41. The summed E-state index contributed by atoms with van der Waals surface area (Å²) in [6.45, 7) is 3.48. The van der Waals surface area contributed by atoms with Gasteiger partial charge in [0.05, 0.1) is 19.3 Å². The van der Waals surface area contributed by atoms with Gasteiger partial charge in [-0.3, -0.25) is 4.79 Å². The van der Waals surface area contributed by atoms with Gasteiger partial charge in [0.2, 0.25) is 0 Å². The summed E-state index contributed by atoms with van der Waals surface area (Å²) < 4.78 is 17.6. The molecule has 4 atom stereocenters. The summed E-state index contributed by atoms with van der Waals surface area (Å²) in [5, 5.41) is 8.64. The minimum absolute atomic E-state index is 0.0121. The van der Waals surface area contributed by atoms with Gasteiger partial charge in [-0.15, -0.1) is 0 Å². The van der Waals surface area contributed by atoms with Gasteiger partial charge in [-0.05, 0) is 38.0 Å². The van der Waals surface area contributed by atoms with Crippen LogP contribution in [0.25, 0.3) is 0 Å². The Morgan fingerprint density at radius 2 is 1.97 bits per heavy atom. The third kappa shape index (κ3) is 7.75. The Kier molecular flexibility index (Phi) is 10.8. The van der Waals surface area contributed by atoms with Crippen LogP contribution in [0.4, 0.5) is 0 Å². The fourth-order valence-corrected chi connectivity index (χ4v) is 4.96. The molecule has 2 aliphatic rings. The van der Waals surface area contributed by atoms with Gasteiger partial charge in [0.25, 0.3) is 0 Å². The zero-order valence-corrected chi connectivity index (χ0v) is 18.8. The number of carboxylic acid groups (broad SMARTS) is 1. The summed E-state index contributed by atoms with van der Waals surface area (Å²) in [6.07, 6.45) is 12.6. The quantitative estimate of drug-likeness (QED) is 0.246. The highest BCUT2D eigenvalue weighted by Gasteiger charge is 2.44. The number of ketones is 1. The zero-order chi connectivity index (χ0) is 21.1. The third-order valence-corrected chi connectivity index (χ3v) is 6.56. The van der Waals surface area contributed by atoms with E-state index in [0.717, 1.165) is 51.4 Å². The maximum Gasteiger partial charge on any atom is 0.327 e. The van der Waals surface area contributed by atoms with Crippen molar-refractivity contribution in [2.45, 2.75) is 89.4 Å². The van der Waals surface area contributed by atoms with Crippen molar-refractivity contribution in [3.63, 3.8) is 0 Å². The summed E-state index contributed by atoms with van der Waals surface area (Å²) >= 11 is 0. The summed E-state index contributed by atoms with van der Waals surface area (Å²) in [5.41, 5.74) is 0. The van der Waals surface area contributed by atoms with E-state index in [4.69, 9.17) is 19.1 Å². The number of carbonyl (C=O) groups excluding carboxylic acids is 1. The molecule has 0 aromatic rings. The molecule has 2 fully saturated rings. The van der Waals surface area contributed by atoms with Crippen molar-refractivity contribution in [1.29, 1.82) is 0 Å². The topological polar surface area (TPSA) is 82.1 Å². The van der Waals surface area contributed by atoms with Crippen LogP contribution in [0.15, 0.2) is 12.2 Å². The maximum absolute atomic E-state index is 12.6. The zero-order valence-electron chi connectivity index (χ0n) is 17.6. The molecule has 166 valence electrons. The Hall–Kier alpha value is -0.810. The van der Waals surface area contributed by atoms with Crippen LogP contribution in [0.2, 0.25) is 0 Å². The monoisotopic (exact) mass is 428 g/mol. The lowest BCUT2D eigenvalue weighted by molar-refractivity contribution is -0.171. The van der Waals surface area contributed by atoms with E-state index in [1.165, 1.54) is 18.9 Å². The highest BCUT2D eigenvalue weighted by molar-refractivity contribution is 7.09. The molecule has 3 unspecified atom stereocenters.